The highest BCUT2D eigenvalue weighted by Crippen LogP contribution is 2.28. The van der Waals surface area contributed by atoms with Crippen LogP contribution in [0.25, 0.3) is 0 Å². The van der Waals surface area contributed by atoms with E-state index in [1.165, 1.54) is 16.2 Å². The zero-order valence-corrected chi connectivity index (χ0v) is 11.9. The summed E-state index contributed by atoms with van der Waals surface area (Å²) in [6, 6.07) is 9.87. The van der Waals surface area contributed by atoms with Gasteiger partial charge in [-0.25, -0.2) is 0 Å². The van der Waals surface area contributed by atoms with Gasteiger partial charge in [-0.3, -0.25) is 14.5 Å². The second kappa shape index (κ2) is 5.61. The minimum absolute atomic E-state index is 0.0307. The van der Waals surface area contributed by atoms with Gasteiger partial charge in [0.2, 0.25) is 11.0 Å². The summed E-state index contributed by atoms with van der Waals surface area (Å²) in [4.78, 5) is 24.2. The van der Waals surface area contributed by atoms with E-state index in [4.69, 9.17) is 5.11 Å². The van der Waals surface area contributed by atoms with Crippen molar-refractivity contribution < 1.29 is 14.7 Å². The molecule has 1 atom stereocenters. The molecule has 0 saturated carbocycles. The van der Waals surface area contributed by atoms with Crippen LogP contribution >= 0.6 is 11.3 Å². The molecule has 7 heteroatoms. The largest absolute Gasteiger partial charge is 0.481 e. The highest BCUT2D eigenvalue weighted by molar-refractivity contribution is 7.15. The highest BCUT2D eigenvalue weighted by atomic mass is 32.1. The fraction of sp³-hybridized carbons (Fsp3) is 0.286. The van der Waals surface area contributed by atoms with Crippen LogP contribution in [0.3, 0.4) is 0 Å². The lowest BCUT2D eigenvalue weighted by Gasteiger charge is -2.10. The topological polar surface area (TPSA) is 83.4 Å². The number of carbonyl (C=O) groups is 2. The third-order valence-corrected chi connectivity index (χ3v) is 4.31. The quantitative estimate of drug-likeness (QED) is 0.927. The Kier molecular flexibility index (Phi) is 3.66. The number of aliphatic carboxylic acids is 1. The predicted molar refractivity (Wildman–Crippen MR) is 77.3 cm³/mol. The van der Waals surface area contributed by atoms with Gasteiger partial charge in [-0.15, -0.1) is 10.2 Å². The lowest BCUT2D eigenvalue weighted by molar-refractivity contribution is -0.141. The number of carboxylic acid groups (broad SMARTS) is 1. The van der Waals surface area contributed by atoms with Gasteiger partial charge >= 0.3 is 5.97 Å². The first-order valence-electron chi connectivity index (χ1n) is 6.53. The fourth-order valence-corrected chi connectivity index (χ4v) is 3.15. The van der Waals surface area contributed by atoms with Crippen molar-refractivity contribution in [3.05, 3.63) is 40.9 Å². The van der Waals surface area contributed by atoms with E-state index in [-0.39, 0.29) is 18.9 Å². The number of hydrogen-bond donors (Lipinski definition) is 1. The van der Waals surface area contributed by atoms with Crippen molar-refractivity contribution in [1.82, 2.24) is 10.2 Å². The zero-order chi connectivity index (χ0) is 14.8. The molecule has 1 aliphatic heterocycles. The third kappa shape index (κ3) is 2.92. The minimum Gasteiger partial charge on any atom is -0.481 e. The molecule has 1 aromatic heterocycles. The number of benzene rings is 1. The van der Waals surface area contributed by atoms with Crippen molar-refractivity contribution in [2.24, 2.45) is 5.92 Å². The molecule has 0 unspecified atom stereocenters. The van der Waals surface area contributed by atoms with Crippen LogP contribution in [0, 0.1) is 5.92 Å². The van der Waals surface area contributed by atoms with Gasteiger partial charge in [-0.1, -0.05) is 41.7 Å². The Morgan fingerprint density at radius 3 is 2.76 bits per heavy atom. The molecule has 2 aromatic rings. The van der Waals surface area contributed by atoms with Gasteiger partial charge in [0.25, 0.3) is 0 Å². The van der Waals surface area contributed by atoms with Gasteiger partial charge in [-0.2, -0.15) is 0 Å². The molecular weight excluding hydrogens is 290 g/mol. The van der Waals surface area contributed by atoms with Crippen molar-refractivity contribution in [2.75, 3.05) is 11.4 Å². The van der Waals surface area contributed by atoms with E-state index in [2.05, 4.69) is 10.2 Å². The lowest BCUT2D eigenvalue weighted by atomic mass is 10.1. The summed E-state index contributed by atoms with van der Waals surface area (Å²) in [6.07, 6.45) is 0.686. The molecule has 1 fully saturated rings. The van der Waals surface area contributed by atoms with Crippen molar-refractivity contribution in [3.63, 3.8) is 0 Å². The molecule has 1 aliphatic rings. The number of amides is 1. The Bertz CT molecular complexity index is 671. The van der Waals surface area contributed by atoms with Gasteiger partial charge in [0.1, 0.15) is 5.01 Å². The molecule has 0 aliphatic carbocycles. The maximum atomic E-state index is 11.9. The van der Waals surface area contributed by atoms with Crippen molar-refractivity contribution in [3.8, 4) is 0 Å². The van der Waals surface area contributed by atoms with Crippen molar-refractivity contribution in [1.29, 1.82) is 0 Å². The normalized spacial score (nSPS) is 18.2. The second-order valence-corrected chi connectivity index (χ2v) is 5.92. The molecule has 21 heavy (non-hydrogen) atoms. The molecule has 0 radical (unpaired) electrons. The first-order valence-corrected chi connectivity index (χ1v) is 7.34. The number of nitrogens with zero attached hydrogens (tertiary/aromatic N) is 3. The van der Waals surface area contributed by atoms with E-state index in [0.29, 0.717) is 11.6 Å². The van der Waals surface area contributed by atoms with Gasteiger partial charge in [-0.05, 0) is 5.56 Å². The SMILES string of the molecule is O=C(O)[C@@H]1CC(=O)N(c2nnc(Cc3ccccc3)s2)C1. The molecule has 1 amide bonds. The highest BCUT2D eigenvalue weighted by Gasteiger charge is 2.36. The number of carboxylic acids is 1. The molecule has 1 N–H and O–H groups in total. The smallest absolute Gasteiger partial charge is 0.308 e. The second-order valence-electron chi connectivity index (χ2n) is 4.88. The van der Waals surface area contributed by atoms with Crippen LogP contribution in [-0.2, 0) is 16.0 Å². The number of rotatable bonds is 4. The molecule has 3 rings (SSSR count). The van der Waals surface area contributed by atoms with Crippen LogP contribution in [0.15, 0.2) is 30.3 Å². The zero-order valence-electron chi connectivity index (χ0n) is 11.1. The number of aromatic nitrogens is 2. The van der Waals surface area contributed by atoms with Crippen LogP contribution in [0.5, 0.6) is 0 Å². The van der Waals surface area contributed by atoms with Crippen molar-refractivity contribution >= 4 is 28.3 Å². The summed E-state index contributed by atoms with van der Waals surface area (Å²) in [6.45, 7) is 0.175. The predicted octanol–water partition coefficient (Wildman–Crippen LogP) is 1.57. The van der Waals surface area contributed by atoms with Gasteiger partial charge in [0.05, 0.1) is 5.92 Å². The summed E-state index contributed by atoms with van der Waals surface area (Å²) in [7, 11) is 0. The number of hydrogen-bond acceptors (Lipinski definition) is 5. The minimum atomic E-state index is -0.945. The molecule has 0 bridgehead atoms. The lowest BCUT2D eigenvalue weighted by Crippen LogP contribution is -2.25. The summed E-state index contributed by atoms with van der Waals surface area (Å²) in [5.74, 6) is -1.80. The van der Waals surface area contributed by atoms with E-state index >= 15 is 0 Å². The first kappa shape index (κ1) is 13.7. The Labute approximate surface area is 125 Å². The standard InChI is InChI=1S/C14H13N3O3S/c18-12-7-10(13(19)20)8-17(12)14-16-15-11(21-14)6-9-4-2-1-3-5-9/h1-5,10H,6-8H2,(H,19,20)/t10-/m1/s1. The molecule has 0 spiro atoms. The van der Waals surface area contributed by atoms with E-state index < -0.39 is 11.9 Å². The maximum Gasteiger partial charge on any atom is 0.308 e. The Hall–Kier alpha value is -2.28. The van der Waals surface area contributed by atoms with E-state index in [9.17, 15) is 9.59 Å². The van der Waals surface area contributed by atoms with Crippen LogP contribution in [0.1, 0.15) is 17.0 Å². The van der Waals surface area contributed by atoms with Gasteiger partial charge < -0.3 is 5.11 Å². The average molecular weight is 303 g/mol. The van der Waals surface area contributed by atoms with Crippen molar-refractivity contribution in [2.45, 2.75) is 12.8 Å². The van der Waals surface area contributed by atoms with Crippen LogP contribution in [0.2, 0.25) is 0 Å². The molecule has 1 saturated heterocycles. The summed E-state index contributed by atoms with van der Waals surface area (Å²) in [5.41, 5.74) is 1.12. The Morgan fingerprint density at radius 1 is 1.33 bits per heavy atom. The summed E-state index contributed by atoms with van der Waals surface area (Å²) in [5, 5.41) is 18.4. The molecule has 108 valence electrons. The van der Waals surface area contributed by atoms with E-state index in [1.54, 1.807) is 0 Å². The molecule has 1 aromatic carbocycles. The molecule has 2 heterocycles. The van der Waals surface area contributed by atoms with Gasteiger partial charge in [0, 0.05) is 19.4 Å². The molecular formula is C14H13N3O3S. The molecule has 6 nitrogen and oxygen atoms in total. The van der Waals surface area contributed by atoms with E-state index in [1.807, 2.05) is 30.3 Å². The summed E-state index contributed by atoms with van der Waals surface area (Å²) < 4.78 is 0. The first-order chi connectivity index (χ1) is 10.1. The summed E-state index contributed by atoms with van der Waals surface area (Å²) >= 11 is 1.33. The Balaban J connectivity index is 1.73. The van der Waals surface area contributed by atoms with Crippen LogP contribution in [0.4, 0.5) is 5.13 Å². The number of carbonyl (C=O) groups excluding carboxylic acids is 1. The van der Waals surface area contributed by atoms with Gasteiger partial charge in [0.15, 0.2) is 0 Å². The van der Waals surface area contributed by atoms with Crippen LogP contribution in [-0.4, -0.2) is 33.7 Å². The Morgan fingerprint density at radius 2 is 2.10 bits per heavy atom. The maximum absolute atomic E-state index is 11.9. The van der Waals surface area contributed by atoms with Crippen LogP contribution < -0.4 is 4.90 Å². The van der Waals surface area contributed by atoms with E-state index in [0.717, 1.165) is 10.6 Å². The average Bonchev–Trinajstić information content (AvgIpc) is 3.06. The monoisotopic (exact) mass is 303 g/mol. The number of anilines is 1. The fourth-order valence-electron chi connectivity index (χ4n) is 2.25. The third-order valence-electron chi connectivity index (χ3n) is 3.36.